The Kier molecular flexibility index (Phi) is 3.64. The first-order chi connectivity index (χ1) is 11.5. The Morgan fingerprint density at radius 3 is 2.50 bits per heavy atom. The number of rotatable bonds is 2. The summed E-state index contributed by atoms with van der Waals surface area (Å²) in [6.07, 6.45) is 0. The van der Waals surface area contributed by atoms with E-state index in [2.05, 4.69) is 9.97 Å². The molecule has 0 aliphatic carbocycles. The summed E-state index contributed by atoms with van der Waals surface area (Å²) in [4.78, 5) is 8.41. The summed E-state index contributed by atoms with van der Waals surface area (Å²) >= 11 is 0. The molecule has 2 aromatic carbocycles. The summed E-state index contributed by atoms with van der Waals surface area (Å²) in [5.41, 5.74) is 13.4. The van der Waals surface area contributed by atoms with Crippen molar-refractivity contribution in [2.75, 3.05) is 11.5 Å². The lowest BCUT2D eigenvalue weighted by atomic mass is 10.1. The Labute approximate surface area is 137 Å². The van der Waals surface area contributed by atoms with Gasteiger partial charge in [-0.15, -0.1) is 0 Å². The molecule has 1 aromatic heterocycles. The molecule has 0 aliphatic heterocycles. The second-order valence-electron chi connectivity index (χ2n) is 5.09. The second kappa shape index (κ2) is 5.78. The fourth-order valence-electron chi connectivity index (χ4n) is 2.31. The van der Waals surface area contributed by atoms with E-state index in [0.717, 1.165) is 0 Å². The molecule has 0 saturated heterocycles. The smallest absolute Gasteiger partial charge is 0.166 e. The Balaban J connectivity index is 2.28. The highest BCUT2D eigenvalue weighted by molar-refractivity contribution is 5.77. The van der Waals surface area contributed by atoms with Crippen molar-refractivity contribution >= 4 is 11.5 Å². The maximum absolute atomic E-state index is 9.99. The Morgan fingerprint density at radius 1 is 1.00 bits per heavy atom. The van der Waals surface area contributed by atoms with E-state index < -0.39 is 0 Å². The largest absolute Gasteiger partial charge is 0.508 e. The van der Waals surface area contributed by atoms with Gasteiger partial charge >= 0.3 is 0 Å². The monoisotopic (exact) mass is 319 g/mol. The molecular formula is C17H13N5O2. The van der Waals surface area contributed by atoms with E-state index in [9.17, 15) is 15.5 Å². The van der Waals surface area contributed by atoms with Crippen LogP contribution in [-0.2, 0) is 0 Å². The molecule has 24 heavy (non-hydrogen) atoms. The molecule has 7 nitrogen and oxygen atoms in total. The zero-order valence-electron chi connectivity index (χ0n) is 12.4. The number of benzene rings is 2. The van der Waals surface area contributed by atoms with Crippen molar-refractivity contribution in [3.63, 3.8) is 0 Å². The van der Waals surface area contributed by atoms with Crippen LogP contribution in [0.25, 0.3) is 22.6 Å². The number of nitriles is 1. The van der Waals surface area contributed by atoms with Crippen LogP contribution in [0.1, 0.15) is 5.56 Å². The number of nitrogens with two attached hydrogens (primary N) is 2. The van der Waals surface area contributed by atoms with Gasteiger partial charge in [-0.2, -0.15) is 5.26 Å². The van der Waals surface area contributed by atoms with Crippen LogP contribution in [0, 0.1) is 11.3 Å². The fraction of sp³-hybridized carbons (Fsp3) is 0. The molecule has 3 rings (SSSR count). The highest BCUT2D eigenvalue weighted by Crippen LogP contribution is 2.34. The Hall–Kier alpha value is -3.79. The van der Waals surface area contributed by atoms with E-state index in [1.165, 1.54) is 18.2 Å². The lowest BCUT2D eigenvalue weighted by Crippen LogP contribution is -2.03. The van der Waals surface area contributed by atoms with Gasteiger partial charge in [0.25, 0.3) is 0 Å². The zero-order chi connectivity index (χ0) is 17.3. The van der Waals surface area contributed by atoms with E-state index in [-0.39, 0.29) is 34.3 Å². The molecule has 3 aromatic rings. The molecule has 1 heterocycles. The number of aromatic nitrogens is 2. The molecule has 0 unspecified atom stereocenters. The molecule has 0 amide bonds. The van der Waals surface area contributed by atoms with Crippen molar-refractivity contribution in [3.05, 3.63) is 48.0 Å². The third kappa shape index (κ3) is 2.64. The van der Waals surface area contributed by atoms with Crippen LogP contribution in [0.4, 0.5) is 11.5 Å². The Morgan fingerprint density at radius 2 is 1.79 bits per heavy atom. The summed E-state index contributed by atoms with van der Waals surface area (Å²) in [6, 6.07) is 12.8. The molecule has 0 radical (unpaired) electrons. The van der Waals surface area contributed by atoms with Crippen LogP contribution >= 0.6 is 0 Å². The lowest BCUT2D eigenvalue weighted by molar-refractivity contribution is 0.461. The van der Waals surface area contributed by atoms with Crippen LogP contribution in [-0.4, -0.2) is 20.2 Å². The van der Waals surface area contributed by atoms with Gasteiger partial charge < -0.3 is 21.7 Å². The van der Waals surface area contributed by atoms with E-state index in [0.29, 0.717) is 16.9 Å². The summed E-state index contributed by atoms with van der Waals surface area (Å²) in [5, 5.41) is 29.0. The van der Waals surface area contributed by atoms with Crippen LogP contribution < -0.4 is 11.5 Å². The van der Waals surface area contributed by atoms with Crippen LogP contribution in [0.5, 0.6) is 11.5 Å². The van der Waals surface area contributed by atoms with Crippen LogP contribution in [0.15, 0.2) is 42.5 Å². The Bertz CT molecular complexity index is 979. The van der Waals surface area contributed by atoms with Crippen LogP contribution in [0.3, 0.4) is 0 Å². The SMILES string of the molecule is N#Cc1c(N)nc(-c2cc(O)ccc2O)nc1-c1cccc(N)c1. The molecule has 0 fully saturated rings. The van der Waals surface area contributed by atoms with Crippen molar-refractivity contribution in [2.24, 2.45) is 0 Å². The minimum atomic E-state index is -0.115. The molecule has 0 saturated carbocycles. The van der Waals surface area contributed by atoms with Crippen LogP contribution in [0.2, 0.25) is 0 Å². The van der Waals surface area contributed by atoms with Gasteiger partial charge in [0.05, 0.1) is 11.3 Å². The first-order valence-electron chi connectivity index (χ1n) is 6.95. The third-order valence-electron chi connectivity index (χ3n) is 3.43. The quantitative estimate of drug-likeness (QED) is 0.419. The molecule has 0 bridgehead atoms. The number of aromatic hydroxyl groups is 2. The molecule has 0 atom stereocenters. The fourth-order valence-corrected chi connectivity index (χ4v) is 2.31. The van der Waals surface area contributed by atoms with Gasteiger partial charge in [0.2, 0.25) is 0 Å². The summed E-state index contributed by atoms with van der Waals surface area (Å²) in [7, 11) is 0. The predicted molar refractivity (Wildman–Crippen MR) is 89.8 cm³/mol. The number of hydrogen-bond donors (Lipinski definition) is 4. The summed E-state index contributed by atoms with van der Waals surface area (Å²) in [6.45, 7) is 0. The van der Waals surface area contributed by atoms with Crippen molar-refractivity contribution in [3.8, 4) is 40.2 Å². The highest BCUT2D eigenvalue weighted by Gasteiger charge is 2.17. The van der Waals surface area contributed by atoms with Gasteiger partial charge in [0.1, 0.15) is 28.9 Å². The number of nitrogen functional groups attached to an aromatic ring is 2. The molecular weight excluding hydrogens is 306 g/mol. The van der Waals surface area contributed by atoms with Gasteiger partial charge in [-0.3, -0.25) is 0 Å². The highest BCUT2D eigenvalue weighted by atomic mass is 16.3. The molecule has 7 heteroatoms. The van der Waals surface area contributed by atoms with E-state index in [1.54, 1.807) is 24.3 Å². The number of nitrogens with zero attached hydrogens (tertiary/aromatic N) is 3. The molecule has 0 spiro atoms. The van der Waals surface area contributed by atoms with Gasteiger partial charge in [-0.05, 0) is 30.3 Å². The van der Waals surface area contributed by atoms with Crippen molar-refractivity contribution < 1.29 is 10.2 Å². The number of phenolic OH excluding ortho intramolecular Hbond substituents is 2. The minimum absolute atomic E-state index is 0.0253. The van der Waals surface area contributed by atoms with Gasteiger partial charge in [-0.1, -0.05) is 12.1 Å². The predicted octanol–water partition coefficient (Wildman–Crippen LogP) is 2.26. The van der Waals surface area contributed by atoms with Gasteiger partial charge in [-0.25, -0.2) is 9.97 Å². The zero-order valence-corrected chi connectivity index (χ0v) is 12.4. The standard InChI is InChI=1S/C17H13N5O2/c18-8-13-15(9-2-1-3-10(19)6-9)21-17(22-16(13)20)12-7-11(23)4-5-14(12)24/h1-7,23-24H,19H2,(H2,20,21,22). The molecule has 118 valence electrons. The van der Waals surface area contributed by atoms with Gasteiger partial charge in [0, 0.05) is 11.3 Å². The minimum Gasteiger partial charge on any atom is -0.508 e. The molecule has 6 N–H and O–H groups in total. The summed E-state index contributed by atoms with van der Waals surface area (Å²) in [5.74, 6) is -0.102. The number of hydrogen-bond acceptors (Lipinski definition) is 7. The second-order valence-corrected chi connectivity index (χ2v) is 5.09. The average Bonchev–Trinajstić information content (AvgIpc) is 2.56. The van der Waals surface area contributed by atoms with Crippen molar-refractivity contribution in [2.45, 2.75) is 0 Å². The normalized spacial score (nSPS) is 10.3. The topological polar surface area (TPSA) is 142 Å². The van der Waals surface area contributed by atoms with Gasteiger partial charge in [0.15, 0.2) is 5.82 Å². The lowest BCUT2D eigenvalue weighted by Gasteiger charge is -2.10. The average molecular weight is 319 g/mol. The van der Waals surface area contributed by atoms with E-state index >= 15 is 0 Å². The number of anilines is 2. The third-order valence-corrected chi connectivity index (χ3v) is 3.43. The first-order valence-corrected chi connectivity index (χ1v) is 6.95. The summed E-state index contributed by atoms with van der Waals surface area (Å²) < 4.78 is 0. The van der Waals surface area contributed by atoms with Crippen molar-refractivity contribution in [1.29, 1.82) is 5.26 Å². The van der Waals surface area contributed by atoms with Crippen molar-refractivity contribution in [1.82, 2.24) is 9.97 Å². The molecule has 0 aliphatic rings. The number of phenols is 2. The van der Waals surface area contributed by atoms with E-state index in [4.69, 9.17) is 11.5 Å². The van der Waals surface area contributed by atoms with E-state index in [1.807, 2.05) is 6.07 Å². The maximum atomic E-state index is 9.99. The maximum Gasteiger partial charge on any atom is 0.166 e. The first kappa shape index (κ1) is 15.1.